The summed E-state index contributed by atoms with van der Waals surface area (Å²) in [6.45, 7) is 0.831. The Labute approximate surface area is 115 Å². The molecule has 1 aliphatic heterocycles. The Morgan fingerprint density at radius 1 is 1.63 bits per heavy atom. The molecule has 2 rings (SSSR count). The zero-order valence-electron chi connectivity index (χ0n) is 10.3. The van der Waals surface area contributed by atoms with Gasteiger partial charge in [0.2, 0.25) is 6.41 Å². The Bertz CT molecular complexity index is 483. The molecule has 0 spiro atoms. The molecule has 0 fully saturated rings. The normalized spacial score (nSPS) is 18.3. The highest BCUT2D eigenvalue weighted by atomic mass is 32.2. The van der Waals surface area contributed by atoms with Gasteiger partial charge in [-0.05, 0) is 25.1 Å². The molecule has 0 radical (unpaired) electrons. The van der Waals surface area contributed by atoms with Gasteiger partial charge < -0.3 is 16.0 Å². The number of rotatable bonds is 6. The highest BCUT2D eigenvalue weighted by Crippen LogP contribution is 2.32. The molecular weight excluding hydrogens is 267 g/mol. The van der Waals surface area contributed by atoms with Crippen molar-refractivity contribution in [1.29, 1.82) is 0 Å². The van der Waals surface area contributed by atoms with Gasteiger partial charge in [0.25, 0.3) is 0 Å². The van der Waals surface area contributed by atoms with Crippen LogP contribution in [0.25, 0.3) is 0 Å². The van der Waals surface area contributed by atoms with E-state index in [0.717, 1.165) is 6.42 Å². The zero-order chi connectivity index (χ0) is 13.7. The molecule has 1 unspecified atom stereocenters. The van der Waals surface area contributed by atoms with Gasteiger partial charge in [-0.3, -0.25) is 9.78 Å². The molecule has 1 aliphatic rings. The number of amides is 1. The molecule has 2 heterocycles. The number of nitrogens with two attached hydrogens (primary N) is 1. The van der Waals surface area contributed by atoms with Crippen LogP contribution in [0.2, 0.25) is 0 Å². The van der Waals surface area contributed by atoms with E-state index in [-0.39, 0.29) is 11.2 Å². The predicted molar refractivity (Wildman–Crippen MR) is 72.1 cm³/mol. The summed E-state index contributed by atoms with van der Waals surface area (Å²) in [6, 6.07) is 2.93. The molecule has 0 saturated heterocycles. The Morgan fingerprint density at radius 3 is 3.16 bits per heavy atom. The number of hydrogen-bond acceptors (Lipinski definition) is 5. The monoisotopic (exact) mass is 282 g/mol. The number of halogens is 1. The standard InChI is InChI=1S/C12H15FN4OS/c13-9-2-1-5-15-10(9)6-17-11(16-8-18)7-19-12(17)3-4-14/h1-2,5,7-8,12H,3-4,6,14H2,(H,16,18). The topological polar surface area (TPSA) is 71.2 Å². The third-order valence-corrected chi connectivity index (χ3v) is 3.93. The lowest BCUT2D eigenvalue weighted by Crippen LogP contribution is -2.35. The summed E-state index contributed by atoms with van der Waals surface area (Å²) < 4.78 is 13.6. The molecule has 0 bridgehead atoms. The fourth-order valence-electron chi connectivity index (χ4n) is 1.87. The van der Waals surface area contributed by atoms with Crippen molar-refractivity contribution in [2.75, 3.05) is 6.54 Å². The first-order chi connectivity index (χ1) is 9.26. The number of nitrogens with zero attached hydrogens (tertiary/aromatic N) is 2. The van der Waals surface area contributed by atoms with E-state index in [1.54, 1.807) is 24.0 Å². The van der Waals surface area contributed by atoms with Crippen molar-refractivity contribution < 1.29 is 9.18 Å². The zero-order valence-corrected chi connectivity index (χ0v) is 11.1. The smallest absolute Gasteiger partial charge is 0.212 e. The van der Waals surface area contributed by atoms with Crippen LogP contribution in [0.15, 0.2) is 29.6 Å². The second kappa shape index (κ2) is 6.53. The van der Waals surface area contributed by atoms with Crippen LogP contribution in [0.1, 0.15) is 12.1 Å². The van der Waals surface area contributed by atoms with E-state index in [4.69, 9.17) is 5.73 Å². The van der Waals surface area contributed by atoms with Crippen LogP contribution < -0.4 is 11.1 Å². The van der Waals surface area contributed by atoms with Crippen molar-refractivity contribution >= 4 is 18.2 Å². The molecule has 1 aromatic rings. The Morgan fingerprint density at radius 2 is 2.47 bits per heavy atom. The molecule has 1 amide bonds. The van der Waals surface area contributed by atoms with Gasteiger partial charge in [0, 0.05) is 11.6 Å². The van der Waals surface area contributed by atoms with Gasteiger partial charge in [-0.25, -0.2) is 4.39 Å². The molecule has 5 nitrogen and oxygen atoms in total. The largest absolute Gasteiger partial charge is 0.339 e. The van der Waals surface area contributed by atoms with Crippen LogP contribution in [-0.2, 0) is 11.3 Å². The fraction of sp³-hybridized carbons (Fsp3) is 0.333. The van der Waals surface area contributed by atoms with Crippen LogP contribution in [0, 0.1) is 5.82 Å². The molecular formula is C12H15FN4OS. The molecule has 0 aliphatic carbocycles. The predicted octanol–water partition coefficient (Wildman–Crippen LogP) is 0.989. The number of hydrogen-bond donors (Lipinski definition) is 2. The lowest BCUT2D eigenvalue weighted by atomic mass is 10.3. The SMILES string of the molecule is NCCC1SC=C(NC=O)N1Cc1ncccc1F. The molecule has 0 saturated carbocycles. The number of carbonyl (C=O) groups excluding carboxylic acids is 1. The lowest BCUT2D eigenvalue weighted by molar-refractivity contribution is -0.109. The third kappa shape index (κ3) is 3.24. The van der Waals surface area contributed by atoms with E-state index in [0.29, 0.717) is 31.0 Å². The van der Waals surface area contributed by atoms with E-state index < -0.39 is 0 Å². The van der Waals surface area contributed by atoms with Crippen LogP contribution in [0.5, 0.6) is 0 Å². The number of thioether (sulfide) groups is 1. The third-order valence-electron chi connectivity index (χ3n) is 2.77. The summed E-state index contributed by atoms with van der Waals surface area (Å²) in [5.74, 6) is 0.305. The second-order valence-corrected chi connectivity index (χ2v) is 5.05. The van der Waals surface area contributed by atoms with Crippen LogP contribution in [-0.4, -0.2) is 28.2 Å². The minimum Gasteiger partial charge on any atom is -0.339 e. The van der Waals surface area contributed by atoms with Crippen molar-refractivity contribution in [3.63, 3.8) is 0 Å². The highest BCUT2D eigenvalue weighted by Gasteiger charge is 2.27. The Balaban J connectivity index is 2.15. The molecule has 1 aromatic heterocycles. The summed E-state index contributed by atoms with van der Waals surface area (Å²) >= 11 is 1.56. The minimum absolute atomic E-state index is 0.0915. The van der Waals surface area contributed by atoms with E-state index in [2.05, 4.69) is 10.3 Å². The van der Waals surface area contributed by atoms with Crippen molar-refractivity contribution in [1.82, 2.24) is 15.2 Å². The van der Waals surface area contributed by atoms with Gasteiger partial charge >= 0.3 is 0 Å². The van der Waals surface area contributed by atoms with Crippen molar-refractivity contribution in [2.45, 2.75) is 18.3 Å². The van der Waals surface area contributed by atoms with Gasteiger partial charge in [-0.2, -0.15) is 0 Å². The Kier molecular flexibility index (Phi) is 4.75. The van der Waals surface area contributed by atoms with E-state index in [1.807, 2.05) is 10.3 Å². The van der Waals surface area contributed by atoms with E-state index in [1.165, 1.54) is 6.07 Å². The lowest BCUT2D eigenvalue weighted by Gasteiger charge is -2.27. The quantitative estimate of drug-likeness (QED) is 0.761. The molecule has 1 atom stereocenters. The fourth-order valence-corrected chi connectivity index (χ4v) is 2.96. The van der Waals surface area contributed by atoms with Crippen LogP contribution in [0.4, 0.5) is 4.39 Å². The summed E-state index contributed by atoms with van der Waals surface area (Å²) in [6.07, 6.45) is 2.91. The molecule has 102 valence electrons. The van der Waals surface area contributed by atoms with E-state index >= 15 is 0 Å². The van der Waals surface area contributed by atoms with Crippen molar-refractivity contribution in [3.8, 4) is 0 Å². The maximum absolute atomic E-state index is 13.6. The summed E-state index contributed by atoms with van der Waals surface area (Å²) in [5, 5.41) is 4.55. The van der Waals surface area contributed by atoms with Gasteiger partial charge in [0.1, 0.15) is 11.6 Å². The number of pyridine rings is 1. The first-order valence-corrected chi connectivity index (χ1v) is 6.82. The van der Waals surface area contributed by atoms with Gasteiger partial charge in [-0.1, -0.05) is 0 Å². The minimum atomic E-state index is -0.351. The summed E-state index contributed by atoms with van der Waals surface area (Å²) in [4.78, 5) is 16.5. The van der Waals surface area contributed by atoms with Crippen molar-refractivity contribution in [2.24, 2.45) is 5.73 Å². The Hall–Kier alpha value is -1.60. The highest BCUT2D eigenvalue weighted by molar-refractivity contribution is 8.02. The number of nitrogens with one attached hydrogen (secondary N) is 1. The first kappa shape index (κ1) is 13.8. The first-order valence-electron chi connectivity index (χ1n) is 5.88. The van der Waals surface area contributed by atoms with Crippen LogP contribution in [0.3, 0.4) is 0 Å². The average Bonchev–Trinajstić information content (AvgIpc) is 2.76. The van der Waals surface area contributed by atoms with E-state index in [9.17, 15) is 9.18 Å². The maximum atomic E-state index is 13.6. The van der Waals surface area contributed by atoms with Gasteiger partial charge in [0.05, 0.1) is 17.6 Å². The average molecular weight is 282 g/mol. The van der Waals surface area contributed by atoms with Gasteiger partial charge in [-0.15, -0.1) is 11.8 Å². The maximum Gasteiger partial charge on any atom is 0.212 e. The molecule has 7 heteroatoms. The molecule has 19 heavy (non-hydrogen) atoms. The molecule has 3 N–H and O–H groups in total. The van der Waals surface area contributed by atoms with Crippen LogP contribution >= 0.6 is 11.8 Å². The van der Waals surface area contributed by atoms with Crippen molar-refractivity contribution in [3.05, 3.63) is 41.1 Å². The summed E-state index contributed by atoms with van der Waals surface area (Å²) in [7, 11) is 0. The second-order valence-electron chi connectivity index (χ2n) is 3.99. The number of aromatic nitrogens is 1. The van der Waals surface area contributed by atoms with Gasteiger partial charge in [0.15, 0.2) is 0 Å². The summed E-state index contributed by atoms with van der Waals surface area (Å²) in [5.41, 5.74) is 5.92. The molecule has 0 aromatic carbocycles. The number of carbonyl (C=O) groups is 1.